The molecule has 132 valence electrons. The molecule has 1 aromatic rings. The Balaban J connectivity index is 2.17. The zero-order valence-electron chi connectivity index (χ0n) is 13.4. The molecule has 2 atom stereocenters. The van der Waals surface area contributed by atoms with Crippen molar-refractivity contribution in [3.8, 4) is 0 Å². The summed E-state index contributed by atoms with van der Waals surface area (Å²) in [5, 5.41) is 12.7. The van der Waals surface area contributed by atoms with Crippen molar-refractivity contribution in [1.29, 1.82) is 0 Å². The summed E-state index contributed by atoms with van der Waals surface area (Å²) in [5.74, 6) is -0.486. The van der Waals surface area contributed by atoms with Gasteiger partial charge in [0.05, 0.1) is 18.2 Å². The monoisotopic (exact) mass is 344 g/mol. The van der Waals surface area contributed by atoms with Crippen LogP contribution in [0.25, 0.3) is 0 Å². The van der Waals surface area contributed by atoms with E-state index in [1.54, 1.807) is 6.92 Å². The van der Waals surface area contributed by atoms with Crippen LogP contribution in [-0.4, -0.2) is 34.0 Å². The van der Waals surface area contributed by atoms with Gasteiger partial charge in [-0.15, -0.1) is 0 Å². The molecule has 0 unspecified atom stereocenters. The maximum Gasteiger partial charge on any atom is 0.416 e. The zero-order chi connectivity index (χ0) is 18.1. The van der Waals surface area contributed by atoms with Gasteiger partial charge in [0.25, 0.3) is 5.91 Å². The summed E-state index contributed by atoms with van der Waals surface area (Å²) < 4.78 is 38.2. The van der Waals surface area contributed by atoms with E-state index in [0.29, 0.717) is 12.8 Å². The van der Waals surface area contributed by atoms with Crippen molar-refractivity contribution in [2.45, 2.75) is 44.5 Å². The molecule has 8 heteroatoms. The van der Waals surface area contributed by atoms with Gasteiger partial charge < -0.3 is 10.4 Å². The second kappa shape index (κ2) is 6.43. The van der Waals surface area contributed by atoms with E-state index in [9.17, 15) is 27.9 Å². The Kier molecular flexibility index (Phi) is 4.89. The number of hydrogen-bond donors (Lipinski definition) is 2. The van der Waals surface area contributed by atoms with Crippen LogP contribution in [0.3, 0.4) is 0 Å². The fourth-order valence-corrected chi connectivity index (χ4v) is 2.78. The summed E-state index contributed by atoms with van der Waals surface area (Å²) in [6, 6.07) is 3.55. The van der Waals surface area contributed by atoms with E-state index in [1.807, 2.05) is 6.92 Å². The Hall–Kier alpha value is -2.09. The van der Waals surface area contributed by atoms with E-state index in [0.717, 1.165) is 17.0 Å². The number of halogens is 3. The number of alkyl halides is 3. The second-order valence-corrected chi connectivity index (χ2v) is 6.07. The van der Waals surface area contributed by atoms with Crippen LogP contribution in [-0.2, 0) is 11.0 Å². The van der Waals surface area contributed by atoms with Crippen LogP contribution in [0.2, 0.25) is 0 Å². The highest BCUT2D eigenvalue weighted by Crippen LogP contribution is 2.31. The van der Waals surface area contributed by atoms with Crippen molar-refractivity contribution in [3.63, 3.8) is 0 Å². The summed E-state index contributed by atoms with van der Waals surface area (Å²) in [5.41, 5.74) is -1.94. The van der Waals surface area contributed by atoms with Crippen molar-refractivity contribution in [1.82, 2.24) is 10.2 Å². The number of imide groups is 1. The van der Waals surface area contributed by atoms with Gasteiger partial charge in [0.1, 0.15) is 5.54 Å². The fourth-order valence-electron chi connectivity index (χ4n) is 2.78. The number of benzene rings is 1. The first-order valence-electron chi connectivity index (χ1n) is 7.58. The third-order valence-corrected chi connectivity index (χ3v) is 4.05. The summed E-state index contributed by atoms with van der Waals surface area (Å²) in [7, 11) is 0. The van der Waals surface area contributed by atoms with Crippen LogP contribution in [0.5, 0.6) is 0 Å². The van der Waals surface area contributed by atoms with Crippen LogP contribution in [0.1, 0.15) is 43.9 Å². The van der Waals surface area contributed by atoms with Gasteiger partial charge in [0, 0.05) is 0 Å². The summed E-state index contributed by atoms with van der Waals surface area (Å²) in [6.07, 6.45) is -4.82. The summed E-state index contributed by atoms with van der Waals surface area (Å²) >= 11 is 0. The molecule has 1 aliphatic rings. The molecule has 5 nitrogen and oxygen atoms in total. The number of β-amino-alcohol motifs (C(OH)–C–C–N with tert-alkyl or cyclic N) is 1. The number of rotatable bonds is 5. The van der Waals surface area contributed by atoms with Crippen LogP contribution < -0.4 is 5.32 Å². The number of aliphatic hydroxyl groups excluding tert-OH is 1. The Morgan fingerprint density at radius 1 is 1.33 bits per heavy atom. The number of urea groups is 1. The molecule has 1 aliphatic heterocycles. The minimum Gasteiger partial charge on any atom is -0.387 e. The Labute approximate surface area is 137 Å². The highest BCUT2D eigenvalue weighted by Gasteiger charge is 2.47. The molecule has 24 heavy (non-hydrogen) atoms. The van der Waals surface area contributed by atoms with Crippen LogP contribution >= 0.6 is 0 Å². The van der Waals surface area contributed by atoms with Gasteiger partial charge in [0.15, 0.2) is 0 Å². The van der Waals surface area contributed by atoms with Gasteiger partial charge in [-0.2, -0.15) is 13.2 Å². The summed E-state index contributed by atoms with van der Waals surface area (Å²) in [4.78, 5) is 25.2. The molecule has 0 aliphatic carbocycles. The number of aliphatic hydroxyl groups is 1. The van der Waals surface area contributed by atoms with Gasteiger partial charge >= 0.3 is 12.2 Å². The quantitative estimate of drug-likeness (QED) is 0.807. The number of amides is 3. The SMILES string of the molecule is CCC[C@@]1(C)NC(=O)N(C[C@@H](O)c2cccc(C(F)(F)F)c2)C1=O. The second-order valence-electron chi connectivity index (χ2n) is 6.07. The average Bonchev–Trinajstić information content (AvgIpc) is 2.70. The lowest BCUT2D eigenvalue weighted by molar-refractivity contribution is -0.138. The molecule has 1 heterocycles. The minimum absolute atomic E-state index is 0.00507. The van der Waals surface area contributed by atoms with E-state index >= 15 is 0 Å². The number of nitrogens with one attached hydrogen (secondary N) is 1. The maximum atomic E-state index is 12.7. The van der Waals surface area contributed by atoms with Crippen molar-refractivity contribution in [2.24, 2.45) is 0 Å². The third-order valence-electron chi connectivity index (χ3n) is 4.05. The fraction of sp³-hybridized carbons (Fsp3) is 0.500. The van der Waals surface area contributed by atoms with Crippen LogP contribution in [0.15, 0.2) is 24.3 Å². The largest absolute Gasteiger partial charge is 0.416 e. The van der Waals surface area contributed by atoms with Gasteiger partial charge in [-0.3, -0.25) is 9.69 Å². The lowest BCUT2D eigenvalue weighted by Gasteiger charge is -2.22. The van der Waals surface area contributed by atoms with E-state index in [1.165, 1.54) is 12.1 Å². The standard InChI is InChI=1S/C16H19F3N2O3/c1-3-7-15(2)13(23)21(14(24)20-15)9-12(22)10-5-4-6-11(8-10)16(17,18)19/h4-6,8,12,22H,3,7,9H2,1-2H3,(H,20,24)/t12-,15-/m1/s1. The van der Waals surface area contributed by atoms with Crippen molar-refractivity contribution < 1.29 is 27.9 Å². The molecule has 0 bridgehead atoms. The predicted octanol–water partition coefficient (Wildman–Crippen LogP) is 2.85. The molecular formula is C16H19F3N2O3. The zero-order valence-corrected chi connectivity index (χ0v) is 13.4. The number of carbonyl (C=O) groups excluding carboxylic acids is 2. The Morgan fingerprint density at radius 3 is 2.58 bits per heavy atom. The van der Waals surface area contributed by atoms with Crippen LogP contribution in [0, 0.1) is 0 Å². The normalized spacial score (nSPS) is 22.7. The lowest BCUT2D eigenvalue weighted by Crippen LogP contribution is -2.44. The molecule has 2 N–H and O–H groups in total. The van der Waals surface area contributed by atoms with E-state index in [2.05, 4.69) is 5.32 Å². The number of carbonyl (C=O) groups is 2. The smallest absolute Gasteiger partial charge is 0.387 e. The lowest BCUT2D eigenvalue weighted by atomic mass is 9.96. The molecule has 1 aromatic carbocycles. The summed E-state index contributed by atoms with van der Waals surface area (Å²) in [6.45, 7) is 3.06. The molecule has 0 spiro atoms. The highest BCUT2D eigenvalue weighted by molar-refractivity contribution is 6.06. The maximum absolute atomic E-state index is 12.7. The highest BCUT2D eigenvalue weighted by atomic mass is 19.4. The van der Waals surface area contributed by atoms with E-state index < -0.39 is 41.9 Å². The molecular weight excluding hydrogens is 325 g/mol. The first kappa shape index (κ1) is 18.3. The van der Waals surface area contributed by atoms with E-state index in [4.69, 9.17) is 0 Å². The van der Waals surface area contributed by atoms with Gasteiger partial charge in [-0.1, -0.05) is 25.5 Å². The molecule has 0 saturated carbocycles. The first-order valence-corrected chi connectivity index (χ1v) is 7.58. The Bertz CT molecular complexity index is 648. The van der Waals surface area contributed by atoms with E-state index in [-0.39, 0.29) is 5.56 Å². The van der Waals surface area contributed by atoms with Gasteiger partial charge in [0.2, 0.25) is 0 Å². The van der Waals surface area contributed by atoms with Gasteiger partial charge in [-0.05, 0) is 31.0 Å². The average molecular weight is 344 g/mol. The first-order chi connectivity index (χ1) is 11.1. The Morgan fingerprint density at radius 2 is 2.00 bits per heavy atom. The number of nitrogens with zero attached hydrogens (tertiary/aromatic N) is 1. The van der Waals surface area contributed by atoms with Crippen molar-refractivity contribution in [3.05, 3.63) is 35.4 Å². The van der Waals surface area contributed by atoms with Crippen molar-refractivity contribution >= 4 is 11.9 Å². The minimum atomic E-state index is -4.53. The molecule has 1 fully saturated rings. The topological polar surface area (TPSA) is 69.6 Å². The molecule has 0 aromatic heterocycles. The molecule has 2 rings (SSSR count). The third kappa shape index (κ3) is 3.53. The van der Waals surface area contributed by atoms with Crippen molar-refractivity contribution in [2.75, 3.05) is 6.54 Å². The molecule has 0 radical (unpaired) electrons. The number of hydrogen-bond acceptors (Lipinski definition) is 3. The molecule has 3 amide bonds. The van der Waals surface area contributed by atoms with Crippen LogP contribution in [0.4, 0.5) is 18.0 Å². The van der Waals surface area contributed by atoms with Gasteiger partial charge in [-0.25, -0.2) is 4.79 Å². The molecule has 1 saturated heterocycles. The predicted molar refractivity (Wildman–Crippen MR) is 80.0 cm³/mol.